The molecule has 0 fully saturated rings. The topological polar surface area (TPSA) is 76.7 Å². The summed E-state index contributed by atoms with van der Waals surface area (Å²) in [7, 11) is 1.57. The maximum Gasteiger partial charge on any atom is 0.323 e. The van der Waals surface area contributed by atoms with Crippen LogP contribution in [0.1, 0.15) is 19.4 Å². The number of ether oxygens (including phenoxy) is 2. The van der Waals surface area contributed by atoms with Gasteiger partial charge in [-0.1, -0.05) is 12.1 Å². The molecule has 0 saturated heterocycles. The van der Waals surface area contributed by atoms with Crippen LogP contribution in [0, 0.1) is 0 Å². The molecule has 6 nitrogen and oxygen atoms in total. The van der Waals surface area contributed by atoms with Crippen molar-refractivity contribution in [2.75, 3.05) is 13.7 Å². The lowest BCUT2D eigenvalue weighted by molar-refractivity contribution is -0.114. The molecule has 1 heterocycles. The molecule has 1 aromatic carbocycles. The smallest absolute Gasteiger partial charge is 0.323 e. The van der Waals surface area contributed by atoms with E-state index in [4.69, 9.17) is 9.47 Å². The highest BCUT2D eigenvalue weighted by atomic mass is 16.5. The molecule has 0 radical (unpaired) electrons. The van der Waals surface area contributed by atoms with E-state index < -0.39 is 18.2 Å². The van der Waals surface area contributed by atoms with Gasteiger partial charge in [-0.3, -0.25) is 10.1 Å². The molecule has 3 amide bonds. The molecule has 2 rings (SSSR count). The van der Waals surface area contributed by atoms with Gasteiger partial charge in [0, 0.05) is 6.61 Å². The summed E-state index contributed by atoms with van der Waals surface area (Å²) in [6.45, 7) is 4.02. The van der Waals surface area contributed by atoms with E-state index in [1.807, 2.05) is 6.92 Å². The first kappa shape index (κ1) is 15.1. The number of carbonyl (C=O) groups is 2. The van der Waals surface area contributed by atoms with Gasteiger partial charge in [0.25, 0.3) is 5.91 Å². The lowest BCUT2D eigenvalue weighted by Gasteiger charge is -2.18. The summed E-state index contributed by atoms with van der Waals surface area (Å²) in [6.07, 6.45) is -0.626. The van der Waals surface area contributed by atoms with Crippen molar-refractivity contribution in [3.8, 4) is 5.75 Å². The molecule has 0 aromatic heterocycles. The number of amides is 3. The number of hydrogen-bond acceptors (Lipinski definition) is 4. The molecule has 1 atom stereocenters. The van der Waals surface area contributed by atoms with Crippen molar-refractivity contribution >= 4 is 17.5 Å². The van der Waals surface area contributed by atoms with Gasteiger partial charge in [-0.05, 0) is 37.1 Å². The molecular formula is C15H18N2O4. The zero-order valence-electron chi connectivity index (χ0n) is 12.2. The fraction of sp³-hybridized carbons (Fsp3) is 0.333. The summed E-state index contributed by atoms with van der Waals surface area (Å²) in [4.78, 5) is 23.9. The van der Waals surface area contributed by atoms with Gasteiger partial charge in [0.1, 0.15) is 5.75 Å². The van der Waals surface area contributed by atoms with Crippen LogP contribution in [-0.2, 0) is 9.53 Å². The van der Waals surface area contributed by atoms with Crippen LogP contribution in [0.5, 0.6) is 5.75 Å². The third kappa shape index (κ3) is 3.22. The third-order valence-corrected chi connectivity index (χ3v) is 3.22. The zero-order valence-corrected chi connectivity index (χ0v) is 12.2. The normalized spacial score (nSPS) is 18.9. The summed E-state index contributed by atoms with van der Waals surface area (Å²) < 4.78 is 10.6. The van der Waals surface area contributed by atoms with E-state index in [1.54, 1.807) is 38.3 Å². The molecule has 0 bridgehead atoms. The fourth-order valence-electron chi connectivity index (χ4n) is 2.19. The number of nitrogens with one attached hydrogen (secondary N) is 2. The first-order valence-corrected chi connectivity index (χ1v) is 6.65. The van der Waals surface area contributed by atoms with Crippen LogP contribution in [0.25, 0.3) is 5.57 Å². The van der Waals surface area contributed by atoms with E-state index in [9.17, 15) is 9.59 Å². The number of hydrogen-bond donors (Lipinski definition) is 2. The molecule has 112 valence electrons. The van der Waals surface area contributed by atoms with Gasteiger partial charge < -0.3 is 14.8 Å². The molecule has 6 heteroatoms. The van der Waals surface area contributed by atoms with E-state index in [-0.39, 0.29) is 0 Å². The number of benzene rings is 1. The van der Waals surface area contributed by atoms with Crippen molar-refractivity contribution in [3.05, 3.63) is 35.4 Å². The second-order valence-electron chi connectivity index (χ2n) is 4.55. The molecule has 1 aromatic rings. The second kappa shape index (κ2) is 6.41. The summed E-state index contributed by atoms with van der Waals surface area (Å²) in [5, 5.41) is 4.89. The van der Waals surface area contributed by atoms with Crippen LogP contribution in [0.2, 0.25) is 0 Å². The Morgan fingerprint density at radius 1 is 1.19 bits per heavy atom. The zero-order chi connectivity index (χ0) is 15.4. The highest BCUT2D eigenvalue weighted by Crippen LogP contribution is 2.25. The Balaban J connectivity index is 2.45. The van der Waals surface area contributed by atoms with Crippen molar-refractivity contribution in [2.45, 2.75) is 20.1 Å². The number of rotatable bonds is 4. The van der Waals surface area contributed by atoms with Gasteiger partial charge in [0.15, 0.2) is 6.23 Å². The Labute approximate surface area is 123 Å². The Morgan fingerprint density at radius 2 is 1.86 bits per heavy atom. The largest absolute Gasteiger partial charge is 0.497 e. The van der Waals surface area contributed by atoms with E-state index >= 15 is 0 Å². The van der Waals surface area contributed by atoms with E-state index in [1.165, 1.54) is 0 Å². The highest BCUT2D eigenvalue weighted by molar-refractivity contribution is 6.25. The third-order valence-electron chi connectivity index (χ3n) is 3.22. The standard InChI is InChI=1S/C15H18N2O4/c1-4-21-14-9(2)12(13(18)16-15(19)17-14)10-5-7-11(20-3)8-6-10/h5-8,14H,4H2,1-3H3,(H2,16,17,18,19). The van der Waals surface area contributed by atoms with Crippen LogP contribution < -0.4 is 15.4 Å². The van der Waals surface area contributed by atoms with Crippen molar-refractivity contribution < 1.29 is 19.1 Å². The van der Waals surface area contributed by atoms with Gasteiger partial charge >= 0.3 is 6.03 Å². The lowest BCUT2D eigenvalue weighted by atomic mass is 9.99. The number of methoxy groups -OCH3 is 1. The predicted molar refractivity (Wildman–Crippen MR) is 77.7 cm³/mol. The monoisotopic (exact) mass is 290 g/mol. The number of imide groups is 1. The maximum atomic E-state index is 12.2. The van der Waals surface area contributed by atoms with E-state index in [0.717, 1.165) is 0 Å². The molecule has 2 N–H and O–H groups in total. The fourth-order valence-corrected chi connectivity index (χ4v) is 2.19. The maximum absolute atomic E-state index is 12.2. The molecule has 21 heavy (non-hydrogen) atoms. The van der Waals surface area contributed by atoms with E-state index in [0.29, 0.717) is 29.1 Å². The van der Waals surface area contributed by atoms with Crippen LogP contribution in [0.4, 0.5) is 4.79 Å². The minimum atomic E-state index is -0.626. The van der Waals surface area contributed by atoms with Crippen LogP contribution in [0.15, 0.2) is 29.8 Å². The number of carbonyl (C=O) groups excluding carboxylic acids is 2. The molecular weight excluding hydrogens is 272 g/mol. The Bertz CT molecular complexity index is 578. The SMILES string of the molecule is CCOC1NC(=O)NC(=O)C(c2ccc(OC)cc2)=C1C. The van der Waals surface area contributed by atoms with Gasteiger partial charge in [-0.15, -0.1) is 0 Å². The van der Waals surface area contributed by atoms with Gasteiger partial charge in [0.2, 0.25) is 0 Å². The Kier molecular flexibility index (Phi) is 4.59. The molecule has 1 unspecified atom stereocenters. The summed E-state index contributed by atoms with van der Waals surface area (Å²) in [6, 6.07) is 6.50. The molecule has 0 spiro atoms. The molecule has 1 aliphatic rings. The van der Waals surface area contributed by atoms with Crippen molar-refractivity contribution in [3.63, 3.8) is 0 Å². The molecule has 1 aliphatic heterocycles. The number of urea groups is 1. The van der Waals surface area contributed by atoms with Crippen molar-refractivity contribution in [2.24, 2.45) is 0 Å². The summed E-state index contributed by atoms with van der Waals surface area (Å²) in [5.41, 5.74) is 1.78. The van der Waals surface area contributed by atoms with Crippen molar-refractivity contribution in [1.29, 1.82) is 0 Å². The average Bonchev–Trinajstić information content (AvgIpc) is 2.56. The molecule has 0 aliphatic carbocycles. The van der Waals surface area contributed by atoms with Crippen LogP contribution in [0.3, 0.4) is 0 Å². The first-order valence-electron chi connectivity index (χ1n) is 6.65. The second-order valence-corrected chi connectivity index (χ2v) is 4.55. The van der Waals surface area contributed by atoms with Crippen LogP contribution >= 0.6 is 0 Å². The quantitative estimate of drug-likeness (QED) is 0.884. The minimum Gasteiger partial charge on any atom is -0.497 e. The van der Waals surface area contributed by atoms with Gasteiger partial charge in [-0.2, -0.15) is 0 Å². The van der Waals surface area contributed by atoms with Crippen molar-refractivity contribution in [1.82, 2.24) is 10.6 Å². The Morgan fingerprint density at radius 3 is 2.43 bits per heavy atom. The van der Waals surface area contributed by atoms with E-state index in [2.05, 4.69) is 10.6 Å². The van der Waals surface area contributed by atoms with Gasteiger partial charge in [0.05, 0.1) is 12.7 Å². The summed E-state index contributed by atoms with van der Waals surface area (Å²) >= 11 is 0. The summed E-state index contributed by atoms with van der Waals surface area (Å²) in [5.74, 6) is 0.249. The lowest BCUT2D eigenvalue weighted by Crippen LogP contribution is -2.42. The molecule has 0 saturated carbocycles. The van der Waals surface area contributed by atoms with Crippen LogP contribution in [-0.4, -0.2) is 31.9 Å². The predicted octanol–water partition coefficient (Wildman–Crippen LogP) is 1.67. The Hall–Kier alpha value is -2.34. The van der Waals surface area contributed by atoms with Gasteiger partial charge in [-0.25, -0.2) is 4.79 Å². The minimum absolute atomic E-state index is 0.423. The highest BCUT2D eigenvalue weighted by Gasteiger charge is 2.28. The first-order chi connectivity index (χ1) is 10.1. The average molecular weight is 290 g/mol.